The second kappa shape index (κ2) is 7.21. The van der Waals surface area contributed by atoms with E-state index in [0.717, 1.165) is 5.56 Å². The average molecular weight is 414 g/mol. The molecule has 0 atom stereocenters. The van der Waals surface area contributed by atoms with Gasteiger partial charge in [-0.15, -0.1) is 0 Å². The molecule has 1 N–H and O–H groups in total. The van der Waals surface area contributed by atoms with Crippen LogP contribution in [-0.4, -0.2) is 34.4 Å². The lowest BCUT2D eigenvalue weighted by atomic mass is 10.1. The molecule has 7 nitrogen and oxygen atoms in total. The molecule has 0 aliphatic carbocycles. The van der Waals surface area contributed by atoms with Gasteiger partial charge in [0, 0.05) is 31.2 Å². The van der Waals surface area contributed by atoms with Crippen LogP contribution < -0.4 is 5.32 Å². The van der Waals surface area contributed by atoms with Crippen LogP contribution in [0.5, 0.6) is 0 Å². The SMILES string of the molecule is CNc1nc(Cl)nc2c1c(-c1ccncc1)cn2S(=O)(=O)Cc1ccccc1. The van der Waals surface area contributed by atoms with Crippen molar-refractivity contribution in [2.45, 2.75) is 5.75 Å². The third-order valence-corrected chi connectivity index (χ3v) is 6.05. The maximum atomic E-state index is 13.2. The summed E-state index contributed by atoms with van der Waals surface area (Å²) in [6, 6.07) is 12.6. The van der Waals surface area contributed by atoms with Crippen LogP contribution >= 0.6 is 11.6 Å². The molecule has 3 aromatic heterocycles. The van der Waals surface area contributed by atoms with Crippen molar-refractivity contribution < 1.29 is 8.42 Å². The predicted octanol–water partition coefficient (Wildman–Crippen LogP) is 3.57. The van der Waals surface area contributed by atoms with Crippen LogP contribution in [0, 0.1) is 0 Å². The highest BCUT2D eigenvalue weighted by atomic mass is 35.5. The molecule has 0 radical (unpaired) electrons. The third kappa shape index (κ3) is 3.32. The van der Waals surface area contributed by atoms with Crippen molar-refractivity contribution in [3.05, 3.63) is 71.9 Å². The molecule has 4 rings (SSSR count). The van der Waals surface area contributed by atoms with E-state index in [1.165, 1.54) is 3.97 Å². The Morgan fingerprint density at radius 3 is 2.46 bits per heavy atom. The summed E-state index contributed by atoms with van der Waals surface area (Å²) in [5.41, 5.74) is 2.39. The zero-order chi connectivity index (χ0) is 19.7. The fraction of sp³-hybridized carbons (Fsp3) is 0.105. The lowest BCUT2D eigenvalue weighted by molar-refractivity contribution is 0.588. The molecule has 0 saturated heterocycles. The summed E-state index contributed by atoms with van der Waals surface area (Å²) in [6.45, 7) is 0. The molecule has 0 aliphatic heterocycles. The molecule has 0 aliphatic rings. The second-order valence-corrected chi connectivity index (χ2v) is 8.29. The lowest BCUT2D eigenvalue weighted by Gasteiger charge is -2.08. The monoisotopic (exact) mass is 413 g/mol. The van der Waals surface area contributed by atoms with Crippen LogP contribution in [0.25, 0.3) is 22.2 Å². The molecule has 0 saturated carbocycles. The van der Waals surface area contributed by atoms with Crippen molar-refractivity contribution in [3.8, 4) is 11.1 Å². The van der Waals surface area contributed by atoms with Gasteiger partial charge in [0.15, 0.2) is 5.65 Å². The highest BCUT2D eigenvalue weighted by Crippen LogP contribution is 2.35. The number of anilines is 1. The summed E-state index contributed by atoms with van der Waals surface area (Å²) >= 11 is 6.06. The molecule has 9 heteroatoms. The molecule has 142 valence electrons. The van der Waals surface area contributed by atoms with Gasteiger partial charge in [0.2, 0.25) is 15.3 Å². The van der Waals surface area contributed by atoms with Crippen LogP contribution in [-0.2, 0) is 15.8 Å². The molecule has 0 unspecified atom stereocenters. The van der Waals surface area contributed by atoms with Gasteiger partial charge < -0.3 is 5.32 Å². The van der Waals surface area contributed by atoms with E-state index in [4.69, 9.17) is 11.6 Å². The van der Waals surface area contributed by atoms with Crippen molar-refractivity contribution in [1.82, 2.24) is 18.9 Å². The number of halogens is 1. The molecule has 1 aromatic carbocycles. The number of benzene rings is 1. The number of hydrogen-bond donors (Lipinski definition) is 1. The fourth-order valence-corrected chi connectivity index (χ4v) is 4.65. The first kappa shape index (κ1) is 18.4. The summed E-state index contributed by atoms with van der Waals surface area (Å²) < 4.78 is 27.6. The Balaban J connectivity index is 1.98. The first-order valence-corrected chi connectivity index (χ1v) is 10.4. The largest absolute Gasteiger partial charge is 0.372 e. The maximum Gasteiger partial charge on any atom is 0.244 e. The minimum Gasteiger partial charge on any atom is -0.372 e. The van der Waals surface area contributed by atoms with Crippen LogP contribution in [0.1, 0.15) is 5.56 Å². The summed E-state index contributed by atoms with van der Waals surface area (Å²) in [7, 11) is -2.05. The van der Waals surface area contributed by atoms with Crippen LogP contribution in [0.2, 0.25) is 5.28 Å². The minimum atomic E-state index is -3.74. The number of nitrogens with one attached hydrogen (secondary N) is 1. The highest BCUT2D eigenvalue weighted by Gasteiger charge is 2.24. The van der Waals surface area contributed by atoms with E-state index in [0.29, 0.717) is 22.3 Å². The van der Waals surface area contributed by atoms with Crippen molar-refractivity contribution in [2.75, 3.05) is 12.4 Å². The van der Waals surface area contributed by atoms with Gasteiger partial charge >= 0.3 is 0 Å². The van der Waals surface area contributed by atoms with Gasteiger partial charge in [0.25, 0.3) is 0 Å². The predicted molar refractivity (Wildman–Crippen MR) is 110 cm³/mol. The molecule has 0 fully saturated rings. The molecular weight excluding hydrogens is 398 g/mol. The Labute approximate surface area is 167 Å². The standard InChI is InChI=1S/C19H16ClN5O2S/c1-21-17-16-15(14-7-9-22-10-8-14)11-25(18(16)24-19(20)23-17)28(26,27)12-13-5-3-2-4-6-13/h2-11H,12H2,1H3,(H,21,23,24). The molecule has 0 bridgehead atoms. The van der Waals surface area contributed by atoms with Crippen molar-refractivity contribution >= 4 is 38.5 Å². The van der Waals surface area contributed by atoms with Crippen molar-refractivity contribution in [1.29, 1.82) is 0 Å². The van der Waals surface area contributed by atoms with Gasteiger partial charge in [0.1, 0.15) is 5.82 Å². The van der Waals surface area contributed by atoms with E-state index in [1.54, 1.807) is 62.0 Å². The van der Waals surface area contributed by atoms with E-state index in [-0.39, 0.29) is 16.7 Å². The number of rotatable bonds is 5. The molecule has 28 heavy (non-hydrogen) atoms. The first-order valence-electron chi connectivity index (χ1n) is 8.43. The Hall–Kier alpha value is -2.97. The van der Waals surface area contributed by atoms with Gasteiger partial charge in [-0.3, -0.25) is 4.98 Å². The second-order valence-electron chi connectivity index (χ2n) is 6.11. The summed E-state index contributed by atoms with van der Waals surface area (Å²) in [6.07, 6.45) is 4.85. The van der Waals surface area contributed by atoms with E-state index in [2.05, 4.69) is 20.3 Å². The number of fused-ring (bicyclic) bond motifs is 1. The van der Waals surface area contributed by atoms with Crippen molar-refractivity contribution in [3.63, 3.8) is 0 Å². The highest BCUT2D eigenvalue weighted by molar-refractivity contribution is 7.89. The quantitative estimate of drug-likeness (QED) is 0.503. The van der Waals surface area contributed by atoms with Gasteiger partial charge in [-0.25, -0.2) is 17.4 Å². The number of nitrogens with zero attached hydrogens (tertiary/aromatic N) is 4. The summed E-state index contributed by atoms with van der Waals surface area (Å²) in [5, 5.41) is 3.52. The first-order chi connectivity index (χ1) is 13.5. The van der Waals surface area contributed by atoms with Gasteiger partial charge in [-0.05, 0) is 34.9 Å². The molecule has 3 heterocycles. The third-order valence-electron chi connectivity index (χ3n) is 4.31. The van der Waals surface area contributed by atoms with Crippen LogP contribution in [0.3, 0.4) is 0 Å². The zero-order valence-corrected chi connectivity index (χ0v) is 16.4. The maximum absolute atomic E-state index is 13.2. The smallest absolute Gasteiger partial charge is 0.244 e. The Kier molecular flexibility index (Phi) is 4.74. The topological polar surface area (TPSA) is 89.8 Å². The van der Waals surface area contributed by atoms with E-state index in [9.17, 15) is 8.42 Å². The van der Waals surface area contributed by atoms with E-state index in [1.807, 2.05) is 6.07 Å². The summed E-state index contributed by atoms with van der Waals surface area (Å²) in [4.78, 5) is 12.5. The van der Waals surface area contributed by atoms with Crippen LogP contribution in [0.15, 0.2) is 61.1 Å². The number of aromatic nitrogens is 4. The van der Waals surface area contributed by atoms with Crippen molar-refractivity contribution in [2.24, 2.45) is 0 Å². The molecule has 0 spiro atoms. The Morgan fingerprint density at radius 1 is 1.07 bits per heavy atom. The minimum absolute atomic E-state index is 0.0348. The number of hydrogen-bond acceptors (Lipinski definition) is 6. The zero-order valence-electron chi connectivity index (χ0n) is 14.9. The molecular formula is C19H16ClN5O2S. The van der Waals surface area contributed by atoms with Crippen LogP contribution in [0.4, 0.5) is 5.82 Å². The fourth-order valence-electron chi connectivity index (χ4n) is 3.07. The van der Waals surface area contributed by atoms with E-state index >= 15 is 0 Å². The summed E-state index contributed by atoms with van der Waals surface area (Å²) in [5.74, 6) is 0.291. The number of pyridine rings is 1. The van der Waals surface area contributed by atoms with Gasteiger partial charge in [0.05, 0.1) is 11.1 Å². The Bertz CT molecular complexity index is 1240. The van der Waals surface area contributed by atoms with Gasteiger partial charge in [-0.2, -0.15) is 4.98 Å². The molecule has 0 amide bonds. The lowest BCUT2D eigenvalue weighted by Crippen LogP contribution is -2.15. The molecule has 4 aromatic rings. The normalized spacial score (nSPS) is 11.6. The van der Waals surface area contributed by atoms with E-state index < -0.39 is 10.0 Å². The van der Waals surface area contributed by atoms with Gasteiger partial charge in [-0.1, -0.05) is 30.3 Å². The Morgan fingerprint density at radius 2 is 1.79 bits per heavy atom. The average Bonchev–Trinajstić information content (AvgIpc) is 3.09.